The van der Waals surface area contributed by atoms with Gasteiger partial charge in [0.1, 0.15) is 16.7 Å². The Morgan fingerprint density at radius 2 is 1.71 bits per heavy atom. The summed E-state index contributed by atoms with van der Waals surface area (Å²) >= 11 is 1.28. The number of carbonyl (C=O) groups excluding carboxylic acids is 2. The van der Waals surface area contributed by atoms with Crippen molar-refractivity contribution in [2.24, 2.45) is 0 Å². The molecule has 1 aliphatic heterocycles. The van der Waals surface area contributed by atoms with Crippen LogP contribution in [0, 0.1) is 25.2 Å². The molecule has 1 aliphatic rings. The Balaban J connectivity index is 1.73. The fourth-order valence-electron chi connectivity index (χ4n) is 3.97. The van der Waals surface area contributed by atoms with Crippen molar-refractivity contribution in [3.8, 4) is 6.07 Å². The van der Waals surface area contributed by atoms with Crippen LogP contribution in [0.25, 0.3) is 0 Å². The Hall–Kier alpha value is -3.82. The molecule has 0 saturated carbocycles. The fraction of sp³-hybridized carbons (Fsp3) is 0.207. The molecule has 0 bridgehead atoms. The zero-order valence-corrected chi connectivity index (χ0v) is 20.9. The van der Waals surface area contributed by atoms with Crippen LogP contribution >= 0.6 is 11.8 Å². The molecule has 1 heterocycles. The Morgan fingerprint density at radius 3 is 2.34 bits per heavy atom. The van der Waals surface area contributed by atoms with Crippen molar-refractivity contribution in [1.82, 2.24) is 0 Å². The second-order valence-corrected chi connectivity index (χ2v) is 9.73. The quantitative estimate of drug-likeness (QED) is 0.350. The molecule has 0 aliphatic carbocycles. The first-order valence-corrected chi connectivity index (χ1v) is 12.5. The molecule has 35 heavy (non-hydrogen) atoms. The van der Waals surface area contributed by atoms with E-state index in [4.69, 9.17) is 0 Å². The molecule has 5 nitrogen and oxygen atoms in total. The number of nitrogens with zero attached hydrogens (tertiary/aromatic N) is 2. The van der Waals surface area contributed by atoms with Gasteiger partial charge in [0.25, 0.3) is 5.91 Å². The number of amides is 2. The van der Waals surface area contributed by atoms with Crippen molar-refractivity contribution in [2.45, 2.75) is 38.9 Å². The number of benzene rings is 3. The molecular formula is C29H27N3O2S. The van der Waals surface area contributed by atoms with Crippen LogP contribution < -0.4 is 10.2 Å². The van der Waals surface area contributed by atoms with Gasteiger partial charge in [-0.15, -0.1) is 0 Å². The van der Waals surface area contributed by atoms with Crippen LogP contribution in [-0.2, 0) is 22.4 Å². The highest BCUT2D eigenvalue weighted by molar-refractivity contribution is 8.05. The summed E-state index contributed by atoms with van der Waals surface area (Å²) in [5.41, 5.74) is 5.57. The monoisotopic (exact) mass is 481 g/mol. The molecule has 0 aromatic heterocycles. The molecule has 176 valence electrons. The Bertz CT molecular complexity index is 1320. The third-order valence-electron chi connectivity index (χ3n) is 6.08. The topological polar surface area (TPSA) is 73.2 Å². The first-order chi connectivity index (χ1) is 16.9. The van der Waals surface area contributed by atoms with Crippen molar-refractivity contribution in [3.63, 3.8) is 0 Å². The van der Waals surface area contributed by atoms with Gasteiger partial charge < -0.3 is 5.32 Å². The van der Waals surface area contributed by atoms with Gasteiger partial charge in [-0.25, -0.2) is 0 Å². The summed E-state index contributed by atoms with van der Waals surface area (Å²) in [4.78, 5) is 28.4. The lowest BCUT2D eigenvalue weighted by Gasteiger charge is -2.19. The standard InChI is InChI=1S/C29H27N3O2S/c1-4-21-11-15-24(16-12-21)32-28(34)26(17-22-8-6-5-7-20(22)3)35-29(32)25(18-30)27(33)31-23-13-9-19(2)10-14-23/h5-16,26H,4,17H2,1-3H3,(H,31,33)/b29-25-. The van der Waals surface area contributed by atoms with Crippen molar-refractivity contribution in [3.05, 3.63) is 106 Å². The summed E-state index contributed by atoms with van der Waals surface area (Å²) in [5, 5.41) is 12.7. The molecule has 0 spiro atoms. The van der Waals surface area contributed by atoms with Crippen LogP contribution in [0.15, 0.2) is 83.4 Å². The predicted molar refractivity (Wildman–Crippen MR) is 142 cm³/mol. The number of hydrogen-bond donors (Lipinski definition) is 1. The van der Waals surface area contributed by atoms with Crippen molar-refractivity contribution in [1.29, 1.82) is 5.26 Å². The maximum Gasteiger partial charge on any atom is 0.269 e. The number of anilines is 2. The molecule has 3 aromatic carbocycles. The SMILES string of the molecule is CCc1ccc(N2C(=O)C(Cc3ccccc3C)S/C2=C(/C#N)C(=O)Nc2ccc(C)cc2)cc1. The second kappa shape index (κ2) is 10.6. The van der Waals surface area contributed by atoms with E-state index in [0.717, 1.165) is 28.7 Å². The van der Waals surface area contributed by atoms with Crippen molar-refractivity contribution >= 4 is 35.0 Å². The minimum atomic E-state index is -0.529. The van der Waals surface area contributed by atoms with E-state index < -0.39 is 11.2 Å². The van der Waals surface area contributed by atoms with E-state index in [1.165, 1.54) is 16.7 Å². The Labute approximate surface area is 210 Å². The Morgan fingerprint density at radius 1 is 1.03 bits per heavy atom. The summed E-state index contributed by atoms with van der Waals surface area (Å²) in [7, 11) is 0. The number of aryl methyl sites for hydroxylation is 3. The lowest BCUT2D eigenvalue weighted by molar-refractivity contribution is -0.117. The molecule has 6 heteroatoms. The third kappa shape index (κ3) is 5.31. The van der Waals surface area contributed by atoms with Crippen LogP contribution in [-0.4, -0.2) is 17.1 Å². The average molecular weight is 482 g/mol. The van der Waals surface area contributed by atoms with Gasteiger partial charge in [0.05, 0.1) is 5.25 Å². The van der Waals surface area contributed by atoms with Crippen LogP contribution in [0.5, 0.6) is 0 Å². The maximum absolute atomic E-state index is 13.7. The van der Waals surface area contributed by atoms with Crippen molar-refractivity contribution < 1.29 is 9.59 Å². The van der Waals surface area contributed by atoms with Gasteiger partial charge in [0.15, 0.2) is 0 Å². The van der Waals surface area contributed by atoms with E-state index in [-0.39, 0.29) is 11.5 Å². The zero-order chi connectivity index (χ0) is 24.9. The van der Waals surface area contributed by atoms with Gasteiger partial charge in [-0.05, 0) is 67.6 Å². The molecule has 1 fully saturated rings. The van der Waals surface area contributed by atoms with Crippen LogP contribution in [0.3, 0.4) is 0 Å². The van der Waals surface area contributed by atoms with Gasteiger partial charge in [-0.1, -0.05) is 72.8 Å². The van der Waals surface area contributed by atoms with E-state index in [2.05, 4.69) is 18.3 Å². The first kappa shape index (κ1) is 24.3. The molecule has 4 rings (SSSR count). The van der Waals surface area contributed by atoms with Gasteiger partial charge in [0.2, 0.25) is 5.91 Å². The van der Waals surface area contributed by atoms with E-state index >= 15 is 0 Å². The number of rotatable bonds is 6. The predicted octanol–water partition coefficient (Wildman–Crippen LogP) is 5.93. The molecule has 3 aromatic rings. The smallest absolute Gasteiger partial charge is 0.269 e. The molecule has 0 radical (unpaired) electrons. The minimum absolute atomic E-state index is 0.0734. The summed E-state index contributed by atoms with van der Waals surface area (Å²) in [6.07, 6.45) is 1.39. The van der Waals surface area contributed by atoms with Gasteiger partial charge in [-0.2, -0.15) is 5.26 Å². The Kier molecular flexibility index (Phi) is 7.38. The molecular weight excluding hydrogens is 454 g/mol. The summed E-state index contributed by atoms with van der Waals surface area (Å²) in [6, 6.07) is 25.1. The van der Waals surface area contributed by atoms with Gasteiger partial charge in [-0.3, -0.25) is 14.5 Å². The van der Waals surface area contributed by atoms with E-state index in [1.54, 1.807) is 12.1 Å². The minimum Gasteiger partial charge on any atom is -0.321 e. The number of hydrogen-bond acceptors (Lipinski definition) is 4. The lowest BCUT2D eigenvalue weighted by atomic mass is 10.0. The summed E-state index contributed by atoms with van der Waals surface area (Å²) in [5.74, 6) is -0.660. The number of nitriles is 1. The number of thioether (sulfide) groups is 1. The zero-order valence-electron chi connectivity index (χ0n) is 20.0. The molecule has 1 unspecified atom stereocenters. The van der Waals surface area contributed by atoms with E-state index in [0.29, 0.717) is 22.8 Å². The molecule has 1 atom stereocenters. The first-order valence-electron chi connectivity index (χ1n) is 11.6. The normalized spacial score (nSPS) is 16.7. The van der Waals surface area contributed by atoms with Crippen LogP contribution in [0.4, 0.5) is 11.4 Å². The van der Waals surface area contributed by atoms with Crippen molar-refractivity contribution in [2.75, 3.05) is 10.2 Å². The highest BCUT2D eigenvalue weighted by Gasteiger charge is 2.41. The second-order valence-electron chi connectivity index (χ2n) is 8.54. The van der Waals surface area contributed by atoms with E-state index in [9.17, 15) is 14.9 Å². The fourth-order valence-corrected chi connectivity index (χ4v) is 5.27. The van der Waals surface area contributed by atoms with E-state index in [1.807, 2.05) is 74.5 Å². The number of carbonyl (C=O) groups is 2. The highest BCUT2D eigenvalue weighted by Crippen LogP contribution is 2.42. The van der Waals surface area contributed by atoms with Crippen LogP contribution in [0.1, 0.15) is 29.2 Å². The van der Waals surface area contributed by atoms with Gasteiger partial charge in [0, 0.05) is 11.4 Å². The lowest BCUT2D eigenvalue weighted by Crippen LogP contribution is -2.31. The third-order valence-corrected chi connectivity index (χ3v) is 7.35. The largest absolute Gasteiger partial charge is 0.321 e. The van der Waals surface area contributed by atoms with Gasteiger partial charge >= 0.3 is 0 Å². The number of nitrogens with one attached hydrogen (secondary N) is 1. The summed E-state index contributed by atoms with van der Waals surface area (Å²) in [6.45, 7) is 6.05. The molecule has 2 amide bonds. The maximum atomic E-state index is 13.7. The molecule has 1 saturated heterocycles. The highest BCUT2D eigenvalue weighted by atomic mass is 32.2. The summed E-state index contributed by atoms with van der Waals surface area (Å²) < 4.78 is 0. The molecule has 1 N–H and O–H groups in total. The average Bonchev–Trinajstić information content (AvgIpc) is 3.18. The van der Waals surface area contributed by atoms with Crippen LogP contribution in [0.2, 0.25) is 0 Å².